The predicted molar refractivity (Wildman–Crippen MR) is 99.6 cm³/mol. The Morgan fingerprint density at radius 3 is 2.44 bits per heavy atom. The summed E-state index contributed by atoms with van der Waals surface area (Å²) in [4.78, 5) is 25.2. The summed E-state index contributed by atoms with van der Waals surface area (Å²) in [5.74, 6) is -0.844. The second-order valence-corrected chi connectivity index (χ2v) is 10.3. The monoisotopic (exact) mass is 376 g/mol. The zero-order valence-corrected chi connectivity index (χ0v) is 16.8. The topological polar surface area (TPSA) is 83.8 Å². The molecule has 150 valence electrons. The maximum absolute atomic E-state index is 13.3. The fraction of sp³-hybridized carbons (Fsp3) is 0.818. The zero-order valence-electron chi connectivity index (χ0n) is 16.8. The Morgan fingerprint density at radius 2 is 1.81 bits per heavy atom. The molecule has 0 aromatic heterocycles. The summed E-state index contributed by atoms with van der Waals surface area (Å²) in [5, 5.41) is 22.4. The van der Waals surface area contributed by atoms with Gasteiger partial charge in [0.15, 0.2) is 5.78 Å². The molecule has 0 unspecified atom stereocenters. The minimum atomic E-state index is -1.20. The molecule has 2 N–H and O–H groups in total. The lowest BCUT2D eigenvalue weighted by atomic mass is 9.39. The van der Waals surface area contributed by atoms with Crippen LogP contribution >= 0.6 is 0 Å². The Balaban J connectivity index is 1.89. The second kappa shape index (κ2) is 5.66. The van der Waals surface area contributed by atoms with Crippen LogP contribution in [-0.4, -0.2) is 40.3 Å². The van der Waals surface area contributed by atoms with Gasteiger partial charge in [-0.05, 0) is 54.9 Å². The highest BCUT2D eigenvalue weighted by Crippen LogP contribution is 2.71. The molecule has 8 atom stereocenters. The van der Waals surface area contributed by atoms with Gasteiger partial charge in [0.05, 0.1) is 17.6 Å². The lowest BCUT2D eigenvalue weighted by molar-refractivity contribution is -0.255. The molecule has 2 bridgehead atoms. The van der Waals surface area contributed by atoms with Crippen LogP contribution in [0.2, 0.25) is 0 Å². The Hall–Kier alpha value is -1.20. The van der Waals surface area contributed by atoms with Crippen LogP contribution in [0.25, 0.3) is 0 Å². The van der Waals surface area contributed by atoms with Gasteiger partial charge in [0, 0.05) is 18.3 Å². The number of carbonyl (C=O) groups excluding carboxylic acids is 2. The van der Waals surface area contributed by atoms with E-state index in [0.29, 0.717) is 18.4 Å². The first-order valence-electron chi connectivity index (χ1n) is 10.3. The molecule has 4 saturated carbocycles. The highest BCUT2D eigenvalue weighted by molar-refractivity contribution is 6.04. The van der Waals surface area contributed by atoms with Crippen molar-refractivity contribution in [3.63, 3.8) is 0 Å². The molecule has 0 aromatic carbocycles. The summed E-state index contributed by atoms with van der Waals surface area (Å²) in [6.45, 7) is 11.9. The molecule has 0 aliphatic heterocycles. The van der Waals surface area contributed by atoms with Crippen LogP contribution in [0.5, 0.6) is 0 Å². The number of carbonyl (C=O) groups is 2. The molecule has 1 spiro atoms. The summed E-state index contributed by atoms with van der Waals surface area (Å²) in [6.07, 6.45) is 1.45. The summed E-state index contributed by atoms with van der Waals surface area (Å²) in [7, 11) is 0. The highest BCUT2D eigenvalue weighted by Gasteiger charge is 2.75. The molecule has 0 heterocycles. The predicted octanol–water partition coefficient (Wildman–Crippen LogP) is 2.64. The van der Waals surface area contributed by atoms with Crippen LogP contribution in [-0.2, 0) is 14.3 Å². The third kappa shape index (κ3) is 2.13. The largest absolute Gasteiger partial charge is 0.462 e. The number of aliphatic hydroxyl groups is 2. The average Bonchev–Trinajstić information content (AvgIpc) is 2.68. The van der Waals surface area contributed by atoms with Crippen LogP contribution in [0.3, 0.4) is 0 Å². The Labute approximate surface area is 161 Å². The van der Waals surface area contributed by atoms with Gasteiger partial charge in [0.1, 0.15) is 6.10 Å². The van der Waals surface area contributed by atoms with Crippen molar-refractivity contribution in [1.29, 1.82) is 0 Å². The van der Waals surface area contributed by atoms with E-state index in [1.807, 2.05) is 0 Å². The fourth-order valence-electron chi connectivity index (χ4n) is 7.69. The molecule has 0 amide bonds. The van der Waals surface area contributed by atoms with Crippen molar-refractivity contribution in [2.75, 3.05) is 0 Å². The van der Waals surface area contributed by atoms with E-state index in [1.54, 1.807) is 0 Å². The second-order valence-electron chi connectivity index (χ2n) is 10.3. The minimum Gasteiger partial charge on any atom is -0.462 e. The maximum atomic E-state index is 13.3. The minimum absolute atomic E-state index is 0.0333. The number of fused-ring (bicyclic) bond motifs is 3. The van der Waals surface area contributed by atoms with E-state index in [1.165, 1.54) is 6.92 Å². The molecule has 27 heavy (non-hydrogen) atoms. The lowest BCUT2D eigenvalue weighted by Crippen LogP contribution is -2.70. The summed E-state index contributed by atoms with van der Waals surface area (Å²) in [6, 6.07) is 0. The summed E-state index contributed by atoms with van der Waals surface area (Å²) in [5.41, 5.74) is -1.23. The van der Waals surface area contributed by atoms with Crippen molar-refractivity contribution < 1.29 is 24.5 Å². The molecule has 0 radical (unpaired) electrons. The highest BCUT2D eigenvalue weighted by atomic mass is 16.5. The number of aliphatic hydroxyl groups excluding tert-OH is 2. The molecule has 4 aliphatic carbocycles. The third-order valence-corrected chi connectivity index (χ3v) is 8.85. The molecule has 0 saturated heterocycles. The van der Waals surface area contributed by atoms with Gasteiger partial charge in [0.2, 0.25) is 0 Å². The third-order valence-electron chi connectivity index (χ3n) is 8.85. The lowest BCUT2D eigenvalue weighted by Gasteiger charge is -2.66. The number of ketones is 1. The van der Waals surface area contributed by atoms with Gasteiger partial charge in [-0.15, -0.1) is 0 Å². The first-order chi connectivity index (χ1) is 12.5. The van der Waals surface area contributed by atoms with Crippen molar-refractivity contribution in [1.82, 2.24) is 0 Å². The standard InChI is InChI=1S/C22H32O5/c1-11-13-6-7-14-21(5)15(10-16(24)22(14,18(11)25)19(13)26)20(3,4)9-8-17(21)27-12(2)23/h13-17,19,24,26H,1,6-10H2,2-5H3/t13-,14+,15-,16+,17+,19+,21-,22-/m0/s1. The van der Waals surface area contributed by atoms with Gasteiger partial charge in [-0.25, -0.2) is 0 Å². The average molecular weight is 376 g/mol. The van der Waals surface area contributed by atoms with Gasteiger partial charge in [0.25, 0.3) is 0 Å². The maximum Gasteiger partial charge on any atom is 0.302 e. The van der Waals surface area contributed by atoms with Crippen molar-refractivity contribution in [2.24, 2.45) is 34.0 Å². The van der Waals surface area contributed by atoms with E-state index in [2.05, 4.69) is 27.4 Å². The van der Waals surface area contributed by atoms with Crippen molar-refractivity contribution in [3.8, 4) is 0 Å². The Morgan fingerprint density at radius 1 is 1.15 bits per heavy atom. The van der Waals surface area contributed by atoms with E-state index in [4.69, 9.17) is 4.74 Å². The normalized spacial score (nSPS) is 50.7. The molecule has 5 nitrogen and oxygen atoms in total. The van der Waals surface area contributed by atoms with E-state index in [-0.39, 0.29) is 41.0 Å². The van der Waals surface area contributed by atoms with Crippen LogP contribution in [0, 0.1) is 34.0 Å². The SMILES string of the molecule is C=C1C(=O)[C@@]23[C@H](O)C[C@H]4C(C)(C)CC[C@@H](OC(C)=O)[C@@]4(C)[C@H]2CC[C@@H]1[C@H]3O. The smallest absolute Gasteiger partial charge is 0.302 e. The van der Waals surface area contributed by atoms with Crippen LogP contribution in [0.1, 0.15) is 59.8 Å². The zero-order chi connectivity index (χ0) is 19.9. The molecule has 4 rings (SSSR count). The number of Topliss-reactive ketones (excluding diaryl/α,β-unsaturated/α-hetero) is 1. The molecule has 0 aromatic rings. The van der Waals surface area contributed by atoms with Gasteiger partial charge in [-0.1, -0.05) is 27.4 Å². The van der Waals surface area contributed by atoms with Crippen molar-refractivity contribution >= 4 is 11.8 Å². The van der Waals surface area contributed by atoms with E-state index >= 15 is 0 Å². The fourth-order valence-corrected chi connectivity index (χ4v) is 7.69. The number of esters is 1. The van der Waals surface area contributed by atoms with Crippen LogP contribution in [0.4, 0.5) is 0 Å². The van der Waals surface area contributed by atoms with Gasteiger partial charge < -0.3 is 14.9 Å². The van der Waals surface area contributed by atoms with Gasteiger partial charge in [-0.3, -0.25) is 9.59 Å². The quantitative estimate of drug-likeness (QED) is 0.543. The number of hydrogen-bond acceptors (Lipinski definition) is 5. The molecular weight excluding hydrogens is 344 g/mol. The molecule has 4 fully saturated rings. The van der Waals surface area contributed by atoms with Crippen molar-refractivity contribution in [2.45, 2.75) is 78.1 Å². The summed E-state index contributed by atoms with van der Waals surface area (Å²) >= 11 is 0. The van der Waals surface area contributed by atoms with Crippen molar-refractivity contribution in [3.05, 3.63) is 12.2 Å². The molecule has 4 aliphatic rings. The number of ether oxygens (including phenoxy) is 1. The van der Waals surface area contributed by atoms with E-state index in [0.717, 1.165) is 19.3 Å². The molecule has 5 heteroatoms. The molecular formula is C22H32O5. The van der Waals surface area contributed by atoms with E-state index < -0.39 is 23.0 Å². The number of hydrogen-bond donors (Lipinski definition) is 2. The summed E-state index contributed by atoms with van der Waals surface area (Å²) < 4.78 is 5.81. The van der Waals surface area contributed by atoms with Crippen LogP contribution < -0.4 is 0 Å². The van der Waals surface area contributed by atoms with Gasteiger partial charge in [-0.2, -0.15) is 0 Å². The van der Waals surface area contributed by atoms with Gasteiger partial charge >= 0.3 is 5.97 Å². The first-order valence-corrected chi connectivity index (χ1v) is 10.3. The van der Waals surface area contributed by atoms with E-state index in [9.17, 15) is 19.8 Å². The first kappa shape index (κ1) is 19.1. The van der Waals surface area contributed by atoms with Crippen LogP contribution in [0.15, 0.2) is 12.2 Å². The Bertz CT molecular complexity index is 711. The number of rotatable bonds is 1. The Kier molecular flexibility index (Phi) is 4.01.